The summed E-state index contributed by atoms with van der Waals surface area (Å²) in [5.41, 5.74) is 5.50. The van der Waals surface area contributed by atoms with Crippen molar-refractivity contribution in [1.29, 1.82) is 0 Å². The first-order valence-electron chi connectivity index (χ1n) is 4.28. The summed E-state index contributed by atoms with van der Waals surface area (Å²) in [5, 5.41) is 5.29. The van der Waals surface area contributed by atoms with Crippen LogP contribution in [0.1, 0.15) is 17.8 Å². The van der Waals surface area contributed by atoms with E-state index in [1.54, 1.807) is 0 Å². The summed E-state index contributed by atoms with van der Waals surface area (Å²) in [6.07, 6.45) is -3.26. The Bertz CT molecular complexity index is 347. The topological polar surface area (TPSA) is 61.0 Å². The molecule has 1 aromatic rings. The zero-order valence-electron chi connectivity index (χ0n) is 7.49. The second kappa shape index (κ2) is 3.60. The first kappa shape index (κ1) is 10.6. The molecule has 1 saturated carbocycles. The van der Waals surface area contributed by atoms with Gasteiger partial charge in [0.1, 0.15) is 6.10 Å². The van der Waals surface area contributed by atoms with Gasteiger partial charge in [0.05, 0.1) is 0 Å². The Morgan fingerprint density at radius 2 is 2.00 bits per heavy atom. The van der Waals surface area contributed by atoms with E-state index >= 15 is 0 Å². The molecule has 8 heteroatoms. The largest absolute Gasteiger partial charge is 0.466 e. The van der Waals surface area contributed by atoms with Crippen molar-refractivity contribution in [3.63, 3.8) is 0 Å². The van der Waals surface area contributed by atoms with Gasteiger partial charge in [0, 0.05) is 6.04 Å². The number of ether oxygens (including phenoxy) is 1. The van der Waals surface area contributed by atoms with Crippen molar-refractivity contribution in [2.24, 2.45) is 5.73 Å². The summed E-state index contributed by atoms with van der Waals surface area (Å²) >= 11 is 0.408. The number of nitrogens with two attached hydrogens (primary N) is 1. The Morgan fingerprint density at radius 1 is 1.33 bits per heavy atom. The highest BCUT2D eigenvalue weighted by molar-refractivity contribution is 7.13. The van der Waals surface area contributed by atoms with Gasteiger partial charge in [-0.25, -0.2) is 0 Å². The third-order valence-corrected chi connectivity index (χ3v) is 2.91. The summed E-state index contributed by atoms with van der Waals surface area (Å²) in [7, 11) is 0. The van der Waals surface area contributed by atoms with Crippen molar-refractivity contribution >= 4 is 11.3 Å². The predicted molar refractivity (Wildman–Crippen MR) is 46.5 cm³/mol. The molecule has 15 heavy (non-hydrogen) atoms. The molecule has 0 saturated heterocycles. The fraction of sp³-hybridized carbons (Fsp3) is 0.714. The van der Waals surface area contributed by atoms with E-state index in [2.05, 4.69) is 10.2 Å². The average Bonchev–Trinajstić information content (AvgIpc) is 2.49. The molecule has 1 aromatic heterocycles. The molecule has 0 amide bonds. The summed E-state index contributed by atoms with van der Waals surface area (Å²) in [4.78, 5) is 0. The van der Waals surface area contributed by atoms with Crippen LogP contribution in [0.4, 0.5) is 13.2 Å². The molecule has 1 aliphatic carbocycles. The third-order valence-electron chi connectivity index (χ3n) is 2.05. The van der Waals surface area contributed by atoms with Crippen LogP contribution in [-0.4, -0.2) is 22.3 Å². The van der Waals surface area contributed by atoms with Gasteiger partial charge in [0.25, 0.3) is 5.19 Å². The van der Waals surface area contributed by atoms with Gasteiger partial charge < -0.3 is 10.5 Å². The van der Waals surface area contributed by atoms with Gasteiger partial charge in [-0.3, -0.25) is 0 Å². The minimum atomic E-state index is -4.45. The van der Waals surface area contributed by atoms with Crippen molar-refractivity contribution in [3.8, 4) is 5.19 Å². The van der Waals surface area contributed by atoms with Gasteiger partial charge in [-0.1, -0.05) is 16.4 Å². The highest BCUT2D eigenvalue weighted by Gasteiger charge is 2.37. The van der Waals surface area contributed by atoms with Crippen molar-refractivity contribution in [2.45, 2.75) is 31.2 Å². The fourth-order valence-corrected chi connectivity index (χ4v) is 1.85. The molecule has 0 radical (unpaired) electrons. The average molecular weight is 239 g/mol. The molecule has 1 fully saturated rings. The van der Waals surface area contributed by atoms with Gasteiger partial charge in [0.2, 0.25) is 5.01 Å². The van der Waals surface area contributed by atoms with Gasteiger partial charge in [-0.15, -0.1) is 5.10 Å². The van der Waals surface area contributed by atoms with Crippen molar-refractivity contribution in [1.82, 2.24) is 10.2 Å². The molecular weight excluding hydrogens is 231 g/mol. The Labute approximate surface area is 87.2 Å². The second-order valence-corrected chi connectivity index (χ2v) is 4.28. The Hall–Kier alpha value is -0.890. The van der Waals surface area contributed by atoms with E-state index in [-0.39, 0.29) is 17.3 Å². The first-order chi connectivity index (χ1) is 6.95. The van der Waals surface area contributed by atoms with E-state index < -0.39 is 11.2 Å². The second-order valence-electron chi connectivity index (χ2n) is 3.34. The van der Waals surface area contributed by atoms with Crippen molar-refractivity contribution < 1.29 is 17.9 Å². The summed E-state index contributed by atoms with van der Waals surface area (Å²) < 4.78 is 41.5. The highest BCUT2D eigenvalue weighted by Crippen LogP contribution is 2.35. The van der Waals surface area contributed by atoms with Crippen LogP contribution in [0.2, 0.25) is 0 Å². The molecule has 1 heterocycles. The van der Waals surface area contributed by atoms with E-state index in [1.165, 1.54) is 0 Å². The van der Waals surface area contributed by atoms with Crippen LogP contribution in [0.15, 0.2) is 0 Å². The number of nitrogens with zero attached hydrogens (tertiary/aromatic N) is 2. The molecule has 2 N–H and O–H groups in total. The van der Waals surface area contributed by atoms with Crippen molar-refractivity contribution in [2.75, 3.05) is 0 Å². The molecule has 0 bridgehead atoms. The monoisotopic (exact) mass is 239 g/mol. The first-order valence-corrected chi connectivity index (χ1v) is 5.10. The number of alkyl halides is 3. The summed E-state index contributed by atoms with van der Waals surface area (Å²) in [6.45, 7) is 0. The normalized spacial score (nSPS) is 26.1. The number of halogens is 3. The van der Waals surface area contributed by atoms with Crippen LogP contribution < -0.4 is 10.5 Å². The molecule has 4 nitrogen and oxygen atoms in total. The van der Waals surface area contributed by atoms with E-state index in [9.17, 15) is 13.2 Å². The summed E-state index contributed by atoms with van der Waals surface area (Å²) in [6, 6.07) is 0.0880. The molecule has 0 aliphatic heterocycles. The number of rotatable bonds is 2. The fourth-order valence-electron chi connectivity index (χ4n) is 1.22. The lowest BCUT2D eigenvalue weighted by atomic mass is 9.90. The van der Waals surface area contributed by atoms with Crippen LogP contribution >= 0.6 is 11.3 Å². The standard InChI is InChI=1S/C7H8F3N3OS/c8-7(9,10)5-12-13-6(15-5)14-4-1-3(11)2-4/h3-4H,1-2,11H2. The van der Waals surface area contributed by atoms with Crippen LogP contribution in [0.5, 0.6) is 5.19 Å². The number of aromatic nitrogens is 2. The number of hydrogen-bond donors (Lipinski definition) is 1. The maximum Gasteiger partial charge on any atom is 0.445 e. The molecule has 2 rings (SSSR count). The Kier molecular flexibility index (Phi) is 2.55. The Morgan fingerprint density at radius 3 is 2.47 bits per heavy atom. The lowest BCUT2D eigenvalue weighted by Gasteiger charge is -2.31. The Balaban J connectivity index is 1.96. The number of hydrogen-bond acceptors (Lipinski definition) is 5. The molecule has 1 aliphatic rings. The van der Waals surface area contributed by atoms with E-state index in [0.29, 0.717) is 24.2 Å². The van der Waals surface area contributed by atoms with Gasteiger partial charge in [-0.05, 0) is 12.8 Å². The van der Waals surface area contributed by atoms with Crippen molar-refractivity contribution in [3.05, 3.63) is 5.01 Å². The van der Waals surface area contributed by atoms with E-state index in [1.807, 2.05) is 0 Å². The molecular formula is C7H8F3N3OS. The maximum absolute atomic E-state index is 12.1. The zero-order valence-corrected chi connectivity index (χ0v) is 8.31. The van der Waals surface area contributed by atoms with E-state index in [4.69, 9.17) is 10.5 Å². The molecule has 84 valence electrons. The quantitative estimate of drug-likeness (QED) is 0.848. The molecule has 0 atom stereocenters. The smallest absolute Gasteiger partial charge is 0.445 e. The lowest BCUT2D eigenvalue weighted by Crippen LogP contribution is -2.43. The lowest BCUT2D eigenvalue weighted by molar-refractivity contribution is -0.138. The maximum atomic E-state index is 12.1. The highest BCUT2D eigenvalue weighted by atomic mass is 32.1. The molecule has 0 unspecified atom stereocenters. The van der Waals surface area contributed by atoms with Crippen LogP contribution in [0.3, 0.4) is 0 Å². The van der Waals surface area contributed by atoms with Gasteiger partial charge in [-0.2, -0.15) is 13.2 Å². The predicted octanol–water partition coefficient (Wildman–Crippen LogP) is 1.43. The zero-order chi connectivity index (χ0) is 11.1. The minimum absolute atomic E-state index is 0.0424. The molecule has 0 spiro atoms. The third kappa shape index (κ3) is 2.37. The SMILES string of the molecule is NC1CC(Oc2nnc(C(F)(F)F)s2)C1. The summed E-state index contributed by atoms with van der Waals surface area (Å²) in [5.74, 6) is 0. The van der Waals surface area contributed by atoms with Gasteiger partial charge in [0.15, 0.2) is 0 Å². The van der Waals surface area contributed by atoms with E-state index in [0.717, 1.165) is 0 Å². The molecule has 0 aromatic carbocycles. The van der Waals surface area contributed by atoms with Gasteiger partial charge >= 0.3 is 6.18 Å². The van der Waals surface area contributed by atoms with Crippen LogP contribution in [0.25, 0.3) is 0 Å². The van der Waals surface area contributed by atoms with Crippen LogP contribution in [-0.2, 0) is 6.18 Å². The van der Waals surface area contributed by atoms with Crippen LogP contribution in [0, 0.1) is 0 Å². The minimum Gasteiger partial charge on any atom is -0.466 e.